The number of benzene rings is 2. The molecule has 0 radical (unpaired) electrons. The van der Waals surface area contributed by atoms with Gasteiger partial charge in [0.25, 0.3) is 0 Å². The van der Waals surface area contributed by atoms with E-state index in [-0.39, 0.29) is 37.3 Å². The van der Waals surface area contributed by atoms with Crippen molar-refractivity contribution in [3.63, 3.8) is 0 Å². The van der Waals surface area contributed by atoms with Crippen LogP contribution in [0.4, 0.5) is 75.4 Å². The Labute approximate surface area is 254 Å². The van der Waals surface area contributed by atoms with E-state index in [0.29, 0.717) is 25.0 Å². The Balaban J connectivity index is 0.000000250. The average molecular weight is 677 g/mol. The molecule has 2 fully saturated rings. The van der Waals surface area contributed by atoms with E-state index in [1.54, 1.807) is 0 Å². The molecule has 46 heavy (non-hydrogen) atoms. The number of aliphatic hydroxyl groups is 2. The second kappa shape index (κ2) is 13.4. The van der Waals surface area contributed by atoms with Crippen LogP contribution in [0.25, 0.3) is 9.69 Å². The predicted molar refractivity (Wildman–Crippen MR) is 140 cm³/mol. The van der Waals surface area contributed by atoms with Gasteiger partial charge in [-0.1, -0.05) is 12.1 Å². The summed E-state index contributed by atoms with van der Waals surface area (Å²) in [6, 6.07) is 2.85. The molecule has 252 valence electrons. The van der Waals surface area contributed by atoms with Gasteiger partial charge in [-0.25, -0.2) is 9.69 Å². The number of hydrogen-bond donors (Lipinski definition) is 2. The van der Waals surface area contributed by atoms with Crippen LogP contribution < -0.4 is 9.80 Å². The molecule has 4 rings (SSSR count). The van der Waals surface area contributed by atoms with E-state index in [0.717, 1.165) is 21.9 Å². The maximum Gasteiger partial charge on any atom is 0.416 e. The minimum atomic E-state index is -4.85. The lowest BCUT2D eigenvalue weighted by Gasteiger charge is -2.32. The van der Waals surface area contributed by atoms with Crippen molar-refractivity contribution in [1.29, 1.82) is 0 Å². The van der Waals surface area contributed by atoms with Crippen LogP contribution in [-0.2, 0) is 12.4 Å². The summed E-state index contributed by atoms with van der Waals surface area (Å²) in [4.78, 5) is 7.78. The molecule has 2 aliphatic heterocycles. The summed E-state index contributed by atoms with van der Waals surface area (Å²) >= 11 is 0. The molecule has 2 aliphatic rings. The molecule has 2 aromatic carbocycles. The molecular formula is C28H24F12N4O2. The Morgan fingerprint density at radius 2 is 0.935 bits per heavy atom. The van der Waals surface area contributed by atoms with Gasteiger partial charge in [0.2, 0.25) is 0 Å². The van der Waals surface area contributed by atoms with Crippen LogP contribution in [0.2, 0.25) is 0 Å². The monoisotopic (exact) mass is 676 g/mol. The lowest BCUT2D eigenvalue weighted by Crippen LogP contribution is -2.47. The van der Waals surface area contributed by atoms with Crippen molar-refractivity contribution < 1.29 is 62.9 Å². The zero-order valence-corrected chi connectivity index (χ0v) is 23.2. The highest BCUT2D eigenvalue weighted by molar-refractivity contribution is 5.64. The van der Waals surface area contributed by atoms with Crippen LogP contribution in [0.3, 0.4) is 0 Å². The molecule has 6 nitrogen and oxygen atoms in total. The fourth-order valence-corrected chi connectivity index (χ4v) is 5.37. The molecule has 18 heteroatoms. The van der Waals surface area contributed by atoms with Crippen LogP contribution >= 0.6 is 0 Å². The van der Waals surface area contributed by atoms with Gasteiger partial charge in [-0.05, 0) is 49.9 Å². The number of rotatable bonds is 4. The van der Waals surface area contributed by atoms with Crippen LogP contribution in [0.5, 0.6) is 0 Å². The largest absolute Gasteiger partial charge is 0.416 e. The first-order chi connectivity index (χ1) is 21.1. The number of nitrogens with zero attached hydrogens (tertiary/aromatic N) is 4. The molecule has 4 atom stereocenters. The van der Waals surface area contributed by atoms with Crippen LogP contribution in [-0.4, -0.2) is 59.9 Å². The first-order valence-electron chi connectivity index (χ1n) is 13.3. The summed E-state index contributed by atoms with van der Waals surface area (Å²) in [6.07, 6.45) is -23.9. The summed E-state index contributed by atoms with van der Waals surface area (Å²) in [5.74, 6) is 0. The van der Waals surface area contributed by atoms with Crippen molar-refractivity contribution in [2.75, 3.05) is 22.9 Å². The molecule has 0 aromatic heterocycles. The fourth-order valence-electron chi connectivity index (χ4n) is 5.37. The van der Waals surface area contributed by atoms with Crippen LogP contribution in [0.1, 0.15) is 36.8 Å². The molecule has 0 aliphatic carbocycles. The lowest BCUT2D eigenvalue weighted by molar-refractivity contribution is -0.209. The summed E-state index contributed by atoms with van der Waals surface area (Å²) in [6.45, 7) is 13.7. The minimum absolute atomic E-state index is 0.0204. The van der Waals surface area contributed by atoms with Gasteiger partial charge >= 0.3 is 24.7 Å². The van der Waals surface area contributed by atoms with Crippen LogP contribution in [0.15, 0.2) is 36.4 Å². The van der Waals surface area contributed by atoms with Gasteiger partial charge < -0.3 is 20.0 Å². The molecule has 2 N–H and O–H groups in total. The van der Waals surface area contributed by atoms with Crippen molar-refractivity contribution >= 4 is 22.7 Å². The van der Waals surface area contributed by atoms with E-state index in [9.17, 15) is 62.9 Å². The third kappa shape index (κ3) is 8.27. The molecule has 2 aromatic rings. The van der Waals surface area contributed by atoms with E-state index in [2.05, 4.69) is 9.69 Å². The standard InChI is InChI=1S/2C14H12F6N2O/c2*1-21-10-5-4-8(7-9(10)13(15,16)17)22-6-2-3-11(22)12(23)14(18,19)20/h2*4-5,7,11-12,23H,2-3,6H2/t11-,12+;11-,12-/m11/s1. The number of halogens is 12. The number of hydrogen-bond acceptors (Lipinski definition) is 4. The molecule has 0 saturated carbocycles. The first kappa shape index (κ1) is 36.6. The summed E-state index contributed by atoms with van der Waals surface area (Å²) in [5, 5.41) is 18.8. The molecule has 0 unspecified atom stereocenters. The van der Waals surface area contributed by atoms with Gasteiger partial charge in [0, 0.05) is 24.5 Å². The third-order valence-corrected chi connectivity index (χ3v) is 7.47. The van der Waals surface area contributed by atoms with Gasteiger partial charge in [-0.3, -0.25) is 0 Å². The molecule has 0 amide bonds. The topological polar surface area (TPSA) is 55.7 Å². The molecule has 2 heterocycles. The van der Waals surface area contributed by atoms with Gasteiger partial charge in [-0.2, -0.15) is 52.7 Å². The summed E-state index contributed by atoms with van der Waals surface area (Å²) in [5.41, 5.74) is -3.80. The molecular weight excluding hydrogens is 652 g/mol. The van der Waals surface area contributed by atoms with Crippen molar-refractivity contribution in [3.8, 4) is 0 Å². The Morgan fingerprint density at radius 1 is 0.609 bits per heavy atom. The molecule has 0 bridgehead atoms. The normalized spacial score (nSPS) is 20.4. The Morgan fingerprint density at radius 3 is 1.20 bits per heavy atom. The smallest absolute Gasteiger partial charge is 0.382 e. The van der Waals surface area contributed by atoms with Gasteiger partial charge in [0.05, 0.1) is 36.4 Å². The average Bonchev–Trinajstić information content (AvgIpc) is 3.64. The van der Waals surface area contributed by atoms with Crippen LogP contribution in [0, 0.1) is 13.1 Å². The Kier molecular flexibility index (Phi) is 10.7. The number of anilines is 2. The van der Waals surface area contributed by atoms with Gasteiger partial charge in [0.15, 0.2) is 23.6 Å². The molecule has 0 spiro atoms. The lowest BCUT2D eigenvalue weighted by atomic mass is 10.1. The molecule has 2 saturated heterocycles. The van der Waals surface area contributed by atoms with Crippen molar-refractivity contribution in [2.45, 2.75) is 74.7 Å². The van der Waals surface area contributed by atoms with Gasteiger partial charge in [-0.15, -0.1) is 0 Å². The fraction of sp³-hybridized carbons (Fsp3) is 0.500. The predicted octanol–water partition coefficient (Wildman–Crippen LogP) is 8.30. The third-order valence-electron chi connectivity index (χ3n) is 7.47. The van der Waals surface area contributed by atoms with E-state index in [1.807, 2.05) is 0 Å². The minimum Gasteiger partial charge on any atom is -0.382 e. The van der Waals surface area contributed by atoms with E-state index >= 15 is 0 Å². The van der Waals surface area contributed by atoms with Gasteiger partial charge in [0.1, 0.15) is 0 Å². The maximum atomic E-state index is 13.0. The summed E-state index contributed by atoms with van der Waals surface area (Å²) in [7, 11) is 0. The quantitative estimate of drug-likeness (QED) is 0.253. The van der Waals surface area contributed by atoms with E-state index in [4.69, 9.17) is 13.1 Å². The first-order valence-corrected chi connectivity index (χ1v) is 13.3. The second-order valence-corrected chi connectivity index (χ2v) is 10.4. The highest BCUT2D eigenvalue weighted by Gasteiger charge is 2.48. The Hall–Kier alpha value is -3.90. The highest BCUT2D eigenvalue weighted by Crippen LogP contribution is 2.42. The van der Waals surface area contributed by atoms with E-state index in [1.165, 1.54) is 12.1 Å². The zero-order chi connectivity index (χ0) is 34.8. The van der Waals surface area contributed by atoms with Crippen molar-refractivity contribution in [2.24, 2.45) is 0 Å². The maximum absolute atomic E-state index is 13.0. The zero-order valence-electron chi connectivity index (χ0n) is 23.2. The second-order valence-electron chi connectivity index (χ2n) is 10.4. The summed E-state index contributed by atoms with van der Waals surface area (Å²) < 4.78 is 154. The number of aliphatic hydroxyl groups excluding tert-OH is 2. The van der Waals surface area contributed by atoms with E-state index < -0.39 is 71.5 Å². The number of alkyl halides is 12. The Bertz CT molecular complexity index is 1350. The highest BCUT2D eigenvalue weighted by atomic mass is 19.4. The van der Waals surface area contributed by atoms with Crippen molar-refractivity contribution in [3.05, 3.63) is 70.4 Å². The SMILES string of the molecule is [C-]#[N+]c1ccc(N2CCC[C@@H]2[C@@H](O)C(F)(F)F)cc1C(F)(F)F.[C-]#[N+]c1ccc(N2CCC[C@@H]2[C@H](O)C(F)(F)F)cc1C(F)(F)F. The van der Waals surface area contributed by atoms with Crippen molar-refractivity contribution in [1.82, 2.24) is 0 Å².